The minimum Gasteiger partial charge on any atom is -0.381 e. The van der Waals surface area contributed by atoms with Gasteiger partial charge >= 0.3 is 0 Å². The third kappa shape index (κ3) is 6.33. The second-order valence-electron chi connectivity index (χ2n) is 4.54. The van der Waals surface area contributed by atoms with Crippen LogP contribution in [0.2, 0.25) is 5.15 Å². The van der Waals surface area contributed by atoms with E-state index in [2.05, 4.69) is 23.6 Å². The number of pyridine rings is 1. The summed E-state index contributed by atoms with van der Waals surface area (Å²) in [5.74, 6) is 0.483. The minimum atomic E-state index is -3.51. The Hall–Kier alpha value is -0.690. The Morgan fingerprint density at radius 3 is 2.74 bits per heavy atom. The van der Waals surface area contributed by atoms with Crippen molar-refractivity contribution in [3.63, 3.8) is 0 Å². The van der Waals surface area contributed by atoms with Crippen LogP contribution in [-0.2, 0) is 14.8 Å². The molecule has 0 unspecified atom stereocenters. The zero-order chi connectivity index (χ0) is 14.3. The second kappa shape index (κ2) is 7.79. The molecule has 0 radical (unpaired) electrons. The van der Waals surface area contributed by atoms with Gasteiger partial charge in [0.15, 0.2) is 0 Å². The molecule has 0 atom stereocenters. The highest BCUT2D eigenvalue weighted by Gasteiger charge is 2.13. The molecule has 0 amide bonds. The summed E-state index contributed by atoms with van der Waals surface area (Å²) >= 11 is 5.61. The zero-order valence-corrected chi connectivity index (χ0v) is 12.7. The van der Waals surface area contributed by atoms with Gasteiger partial charge in [0.05, 0.1) is 0 Å². The number of halogens is 1. The standard InChI is InChI=1S/C12H19ClN2O3S/c1-10(2)9-18-7-3-6-15-19(16,17)11-4-5-12(13)14-8-11/h4-5,8,10,15H,3,6-7,9H2,1-2H3. The summed E-state index contributed by atoms with van der Waals surface area (Å²) in [4.78, 5) is 3.86. The Morgan fingerprint density at radius 2 is 2.16 bits per heavy atom. The van der Waals surface area contributed by atoms with Crippen molar-refractivity contribution in [2.75, 3.05) is 19.8 Å². The normalized spacial score (nSPS) is 12.0. The monoisotopic (exact) mass is 306 g/mol. The van der Waals surface area contributed by atoms with E-state index in [4.69, 9.17) is 16.3 Å². The predicted molar refractivity (Wildman–Crippen MR) is 74.7 cm³/mol. The maximum Gasteiger partial charge on any atom is 0.242 e. The first-order chi connectivity index (χ1) is 8.92. The van der Waals surface area contributed by atoms with Gasteiger partial charge in [-0.05, 0) is 24.5 Å². The van der Waals surface area contributed by atoms with Crippen LogP contribution in [0.5, 0.6) is 0 Å². The van der Waals surface area contributed by atoms with Crippen molar-refractivity contribution in [1.29, 1.82) is 0 Å². The largest absolute Gasteiger partial charge is 0.381 e. The molecule has 19 heavy (non-hydrogen) atoms. The quantitative estimate of drug-likeness (QED) is 0.590. The fraction of sp³-hybridized carbons (Fsp3) is 0.583. The van der Waals surface area contributed by atoms with Crippen molar-refractivity contribution in [3.05, 3.63) is 23.5 Å². The Kier molecular flexibility index (Phi) is 6.71. The van der Waals surface area contributed by atoms with E-state index in [1.807, 2.05) is 0 Å². The SMILES string of the molecule is CC(C)COCCCNS(=O)(=O)c1ccc(Cl)nc1. The van der Waals surface area contributed by atoms with Gasteiger partial charge in [-0.3, -0.25) is 0 Å². The van der Waals surface area contributed by atoms with E-state index in [0.717, 1.165) is 0 Å². The van der Waals surface area contributed by atoms with E-state index < -0.39 is 10.0 Å². The smallest absolute Gasteiger partial charge is 0.242 e. The van der Waals surface area contributed by atoms with Gasteiger partial charge in [-0.15, -0.1) is 0 Å². The summed E-state index contributed by atoms with van der Waals surface area (Å²) in [5.41, 5.74) is 0. The van der Waals surface area contributed by atoms with E-state index in [1.165, 1.54) is 18.3 Å². The van der Waals surface area contributed by atoms with E-state index in [0.29, 0.717) is 32.1 Å². The molecule has 7 heteroatoms. The molecule has 0 aliphatic carbocycles. The molecule has 108 valence electrons. The molecule has 5 nitrogen and oxygen atoms in total. The van der Waals surface area contributed by atoms with E-state index >= 15 is 0 Å². The highest BCUT2D eigenvalue weighted by atomic mass is 35.5. The van der Waals surface area contributed by atoms with Crippen LogP contribution in [0.4, 0.5) is 0 Å². The average molecular weight is 307 g/mol. The predicted octanol–water partition coefficient (Wildman–Crippen LogP) is 2.08. The van der Waals surface area contributed by atoms with Gasteiger partial charge in [-0.25, -0.2) is 18.1 Å². The lowest BCUT2D eigenvalue weighted by Crippen LogP contribution is -2.25. The molecule has 1 aromatic heterocycles. The Bertz CT molecular complexity index is 474. The van der Waals surface area contributed by atoms with Crippen LogP contribution >= 0.6 is 11.6 Å². The van der Waals surface area contributed by atoms with Gasteiger partial charge < -0.3 is 4.74 Å². The Labute approximate surface area is 119 Å². The first-order valence-electron chi connectivity index (χ1n) is 6.11. The first kappa shape index (κ1) is 16.4. The van der Waals surface area contributed by atoms with Gasteiger partial charge in [0, 0.05) is 26.0 Å². The third-order valence-corrected chi connectivity index (χ3v) is 3.89. The van der Waals surface area contributed by atoms with Crippen LogP contribution in [0.25, 0.3) is 0 Å². The molecule has 0 saturated heterocycles. The number of ether oxygens (including phenoxy) is 1. The van der Waals surface area contributed by atoms with Crippen LogP contribution in [0, 0.1) is 5.92 Å². The summed E-state index contributed by atoms with van der Waals surface area (Å²) in [6, 6.07) is 2.87. The minimum absolute atomic E-state index is 0.111. The second-order valence-corrected chi connectivity index (χ2v) is 6.69. The van der Waals surface area contributed by atoms with Gasteiger partial charge in [-0.2, -0.15) is 0 Å². The lowest BCUT2D eigenvalue weighted by molar-refractivity contribution is 0.108. The fourth-order valence-corrected chi connectivity index (χ4v) is 2.43. The molecular formula is C12H19ClN2O3S. The van der Waals surface area contributed by atoms with Crippen molar-refractivity contribution in [3.8, 4) is 0 Å². The molecule has 0 aliphatic heterocycles. The van der Waals surface area contributed by atoms with Crippen LogP contribution in [0.3, 0.4) is 0 Å². The van der Waals surface area contributed by atoms with E-state index in [9.17, 15) is 8.42 Å². The zero-order valence-electron chi connectivity index (χ0n) is 11.1. The topological polar surface area (TPSA) is 68.3 Å². The van der Waals surface area contributed by atoms with Gasteiger partial charge in [-0.1, -0.05) is 25.4 Å². The van der Waals surface area contributed by atoms with Crippen LogP contribution in [0.1, 0.15) is 20.3 Å². The fourth-order valence-electron chi connectivity index (χ4n) is 1.30. The Morgan fingerprint density at radius 1 is 1.42 bits per heavy atom. The van der Waals surface area contributed by atoms with Crippen molar-refractivity contribution >= 4 is 21.6 Å². The molecule has 1 N–H and O–H groups in total. The van der Waals surface area contributed by atoms with Crippen molar-refractivity contribution < 1.29 is 13.2 Å². The van der Waals surface area contributed by atoms with E-state index in [-0.39, 0.29) is 10.0 Å². The molecule has 0 bridgehead atoms. The molecule has 0 saturated carbocycles. The van der Waals surface area contributed by atoms with Crippen LogP contribution < -0.4 is 4.72 Å². The summed E-state index contributed by atoms with van der Waals surface area (Å²) in [7, 11) is -3.51. The summed E-state index contributed by atoms with van der Waals surface area (Å²) in [6.07, 6.45) is 1.87. The molecular weight excluding hydrogens is 288 g/mol. The third-order valence-electron chi connectivity index (χ3n) is 2.22. The number of sulfonamides is 1. The summed E-state index contributed by atoms with van der Waals surface area (Å²) in [6.45, 7) is 5.70. The van der Waals surface area contributed by atoms with Crippen molar-refractivity contribution in [2.24, 2.45) is 5.92 Å². The molecule has 1 heterocycles. The number of aromatic nitrogens is 1. The highest BCUT2D eigenvalue weighted by molar-refractivity contribution is 7.89. The lowest BCUT2D eigenvalue weighted by atomic mass is 10.2. The Balaban J connectivity index is 2.33. The average Bonchev–Trinajstić information content (AvgIpc) is 2.34. The van der Waals surface area contributed by atoms with Crippen LogP contribution in [0.15, 0.2) is 23.2 Å². The van der Waals surface area contributed by atoms with Crippen molar-refractivity contribution in [1.82, 2.24) is 9.71 Å². The summed E-state index contributed by atoms with van der Waals surface area (Å²) < 4.78 is 31.6. The first-order valence-corrected chi connectivity index (χ1v) is 7.97. The summed E-state index contributed by atoms with van der Waals surface area (Å²) in [5, 5.41) is 0.265. The lowest BCUT2D eigenvalue weighted by Gasteiger charge is -2.08. The maximum absolute atomic E-state index is 11.8. The van der Waals surface area contributed by atoms with E-state index in [1.54, 1.807) is 0 Å². The number of nitrogens with zero attached hydrogens (tertiary/aromatic N) is 1. The molecule has 1 rings (SSSR count). The van der Waals surface area contributed by atoms with Crippen molar-refractivity contribution in [2.45, 2.75) is 25.2 Å². The number of hydrogen-bond donors (Lipinski definition) is 1. The molecule has 0 aliphatic rings. The maximum atomic E-state index is 11.8. The number of rotatable bonds is 8. The number of hydrogen-bond acceptors (Lipinski definition) is 4. The molecule has 0 fully saturated rings. The number of nitrogens with one attached hydrogen (secondary N) is 1. The highest BCUT2D eigenvalue weighted by Crippen LogP contribution is 2.10. The van der Waals surface area contributed by atoms with Gasteiger partial charge in [0.1, 0.15) is 10.0 Å². The van der Waals surface area contributed by atoms with Gasteiger partial charge in [0.25, 0.3) is 0 Å². The van der Waals surface area contributed by atoms with Gasteiger partial charge in [0.2, 0.25) is 10.0 Å². The molecule has 0 aromatic carbocycles. The molecule has 1 aromatic rings. The molecule has 0 spiro atoms. The van der Waals surface area contributed by atoms with Crippen LogP contribution in [-0.4, -0.2) is 33.2 Å².